The van der Waals surface area contributed by atoms with E-state index in [1.807, 2.05) is 51.1 Å². The van der Waals surface area contributed by atoms with Crippen LogP contribution >= 0.6 is 0 Å². The highest BCUT2D eigenvalue weighted by Gasteiger charge is 2.23. The van der Waals surface area contributed by atoms with Gasteiger partial charge in [-0.25, -0.2) is 0 Å². The second-order valence-electron chi connectivity index (χ2n) is 7.31. The number of carbonyl (C=O) groups excluding carboxylic acids is 2. The second kappa shape index (κ2) is 11.2. The molecule has 0 fully saturated rings. The first-order valence-electron chi connectivity index (χ1n) is 10.3. The highest BCUT2D eigenvalue weighted by molar-refractivity contribution is 5.95. The summed E-state index contributed by atoms with van der Waals surface area (Å²) in [6.45, 7) is 6.29. The van der Waals surface area contributed by atoms with Crippen LogP contribution in [0.3, 0.4) is 0 Å². The molecule has 6 heteroatoms. The van der Waals surface area contributed by atoms with Gasteiger partial charge in [0.05, 0.1) is 20.3 Å². The molecule has 0 saturated heterocycles. The van der Waals surface area contributed by atoms with Crippen molar-refractivity contribution < 1.29 is 19.1 Å². The number of hydrogen-bond donors (Lipinski definition) is 1. The lowest BCUT2D eigenvalue weighted by Crippen LogP contribution is -2.41. The topological polar surface area (TPSA) is 67.9 Å². The SMILES string of the molecule is CCC(C)N(CCC(=O)NC(C)c1ccccc1)C(=O)c1cc(OC)cc(OC)c1. The maximum Gasteiger partial charge on any atom is 0.254 e. The van der Waals surface area contributed by atoms with E-state index in [1.165, 1.54) is 0 Å². The van der Waals surface area contributed by atoms with Crippen LogP contribution in [0.2, 0.25) is 0 Å². The summed E-state index contributed by atoms with van der Waals surface area (Å²) in [5.74, 6) is 0.869. The first-order chi connectivity index (χ1) is 14.4. The number of ether oxygens (including phenoxy) is 2. The third kappa shape index (κ3) is 6.24. The van der Waals surface area contributed by atoms with E-state index in [1.54, 1.807) is 37.3 Å². The van der Waals surface area contributed by atoms with Crippen LogP contribution in [-0.2, 0) is 4.79 Å². The minimum absolute atomic E-state index is 0.00552. The van der Waals surface area contributed by atoms with Gasteiger partial charge < -0.3 is 19.7 Å². The first kappa shape index (κ1) is 23.3. The molecular weight excluding hydrogens is 380 g/mol. The Labute approximate surface area is 179 Å². The minimum Gasteiger partial charge on any atom is -0.497 e. The molecule has 0 aliphatic rings. The molecule has 30 heavy (non-hydrogen) atoms. The number of amides is 2. The summed E-state index contributed by atoms with van der Waals surface area (Å²) in [6.07, 6.45) is 1.02. The molecule has 0 aliphatic heterocycles. The van der Waals surface area contributed by atoms with E-state index in [2.05, 4.69) is 5.32 Å². The highest BCUT2D eigenvalue weighted by atomic mass is 16.5. The Morgan fingerprint density at radius 1 is 1.00 bits per heavy atom. The van der Waals surface area contributed by atoms with Gasteiger partial charge in [-0.15, -0.1) is 0 Å². The molecule has 0 aliphatic carbocycles. The largest absolute Gasteiger partial charge is 0.497 e. The van der Waals surface area contributed by atoms with E-state index in [4.69, 9.17) is 9.47 Å². The second-order valence-corrected chi connectivity index (χ2v) is 7.31. The Bertz CT molecular complexity index is 816. The zero-order chi connectivity index (χ0) is 22.1. The van der Waals surface area contributed by atoms with Gasteiger partial charge in [-0.1, -0.05) is 37.3 Å². The molecule has 0 aromatic heterocycles. The Kier molecular flexibility index (Phi) is 8.71. The summed E-state index contributed by atoms with van der Waals surface area (Å²) in [7, 11) is 3.10. The van der Waals surface area contributed by atoms with Gasteiger partial charge in [0.2, 0.25) is 5.91 Å². The molecule has 2 unspecified atom stereocenters. The summed E-state index contributed by atoms with van der Waals surface area (Å²) < 4.78 is 10.6. The lowest BCUT2D eigenvalue weighted by atomic mass is 10.1. The van der Waals surface area contributed by atoms with Crippen LogP contribution in [-0.4, -0.2) is 43.5 Å². The minimum atomic E-state index is -0.148. The fraction of sp³-hybridized carbons (Fsp3) is 0.417. The maximum atomic E-state index is 13.2. The van der Waals surface area contributed by atoms with Crippen LogP contribution in [0.5, 0.6) is 11.5 Å². The number of methoxy groups -OCH3 is 2. The van der Waals surface area contributed by atoms with Gasteiger partial charge >= 0.3 is 0 Å². The molecule has 2 aromatic rings. The third-order valence-corrected chi connectivity index (χ3v) is 5.24. The van der Waals surface area contributed by atoms with Gasteiger partial charge in [0.25, 0.3) is 5.91 Å². The molecule has 2 aromatic carbocycles. The monoisotopic (exact) mass is 412 g/mol. The molecule has 2 amide bonds. The quantitative estimate of drug-likeness (QED) is 0.635. The number of benzene rings is 2. The average Bonchev–Trinajstić information content (AvgIpc) is 2.78. The smallest absolute Gasteiger partial charge is 0.254 e. The van der Waals surface area contributed by atoms with Gasteiger partial charge in [0, 0.05) is 30.6 Å². The lowest BCUT2D eigenvalue weighted by molar-refractivity contribution is -0.122. The van der Waals surface area contributed by atoms with E-state index in [0.29, 0.717) is 23.6 Å². The Morgan fingerprint density at radius 3 is 2.13 bits per heavy atom. The van der Waals surface area contributed by atoms with Crippen molar-refractivity contribution in [2.24, 2.45) is 0 Å². The zero-order valence-corrected chi connectivity index (χ0v) is 18.5. The molecule has 6 nitrogen and oxygen atoms in total. The van der Waals surface area contributed by atoms with E-state index in [0.717, 1.165) is 12.0 Å². The number of hydrogen-bond acceptors (Lipinski definition) is 4. The van der Waals surface area contributed by atoms with Gasteiger partial charge in [0.15, 0.2) is 0 Å². The molecule has 0 heterocycles. The van der Waals surface area contributed by atoms with E-state index < -0.39 is 0 Å². The predicted octanol–water partition coefficient (Wildman–Crippen LogP) is 4.21. The summed E-state index contributed by atoms with van der Waals surface area (Å²) in [5, 5.41) is 3.01. The number of nitrogens with one attached hydrogen (secondary N) is 1. The van der Waals surface area contributed by atoms with E-state index in [-0.39, 0.29) is 30.3 Å². The van der Waals surface area contributed by atoms with Crippen molar-refractivity contribution in [3.8, 4) is 11.5 Å². The summed E-state index contributed by atoms with van der Waals surface area (Å²) >= 11 is 0. The van der Waals surface area contributed by atoms with Gasteiger partial charge in [-0.05, 0) is 38.0 Å². The number of nitrogens with zero attached hydrogens (tertiary/aromatic N) is 1. The molecule has 0 radical (unpaired) electrons. The zero-order valence-electron chi connectivity index (χ0n) is 18.5. The van der Waals surface area contributed by atoms with Crippen molar-refractivity contribution in [2.75, 3.05) is 20.8 Å². The molecule has 1 N–H and O–H groups in total. The van der Waals surface area contributed by atoms with Crippen LogP contribution in [0.1, 0.15) is 55.6 Å². The normalized spacial score (nSPS) is 12.6. The van der Waals surface area contributed by atoms with Crippen LogP contribution < -0.4 is 14.8 Å². The van der Waals surface area contributed by atoms with Gasteiger partial charge in [-0.3, -0.25) is 9.59 Å². The molecule has 2 atom stereocenters. The van der Waals surface area contributed by atoms with Crippen molar-refractivity contribution in [3.05, 3.63) is 59.7 Å². The lowest BCUT2D eigenvalue weighted by Gasteiger charge is -2.29. The highest BCUT2D eigenvalue weighted by Crippen LogP contribution is 2.24. The average molecular weight is 413 g/mol. The standard InChI is InChI=1S/C24H32N2O4/c1-6-17(2)26(24(28)20-14-21(29-4)16-22(15-20)30-5)13-12-23(27)25-18(3)19-10-8-7-9-11-19/h7-11,14-18H,6,12-13H2,1-5H3,(H,25,27). The van der Waals surface area contributed by atoms with Crippen LogP contribution in [0.15, 0.2) is 48.5 Å². The number of rotatable bonds is 10. The van der Waals surface area contributed by atoms with Crippen molar-refractivity contribution in [1.82, 2.24) is 10.2 Å². The first-order valence-corrected chi connectivity index (χ1v) is 10.3. The van der Waals surface area contributed by atoms with Crippen molar-refractivity contribution in [2.45, 2.75) is 45.7 Å². The van der Waals surface area contributed by atoms with E-state index >= 15 is 0 Å². The van der Waals surface area contributed by atoms with Crippen molar-refractivity contribution in [3.63, 3.8) is 0 Å². The van der Waals surface area contributed by atoms with Crippen LogP contribution in [0.4, 0.5) is 0 Å². The summed E-state index contributed by atoms with van der Waals surface area (Å²) in [6, 6.07) is 14.8. The fourth-order valence-corrected chi connectivity index (χ4v) is 3.20. The van der Waals surface area contributed by atoms with Crippen molar-refractivity contribution >= 4 is 11.8 Å². The van der Waals surface area contributed by atoms with Crippen LogP contribution in [0, 0.1) is 0 Å². The van der Waals surface area contributed by atoms with Crippen LogP contribution in [0.25, 0.3) is 0 Å². The Morgan fingerprint density at radius 2 is 1.60 bits per heavy atom. The Hall–Kier alpha value is -3.02. The van der Waals surface area contributed by atoms with E-state index in [9.17, 15) is 9.59 Å². The van der Waals surface area contributed by atoms with Gasteiger partial charge in [0.1, 0.15) is 11.5 Å². The Balaban J connectivity index is 2.09. The summed E-state index contributed by atoms with van der Waals surface area (Å²) in [5.41, 5.74) is 1.52. The predicted molar refractivity (Wildman–Crippen MR) is 118 cm³/mol. The van der Waals surface area contributed by atoms with Gasteiger partial charge in [-0.2, -0.15) is 0 Å². The molecule has 0 bridgehead atoms. The molecule has 0 saturated carbocycles. The molecule has 0 spiro atoms. The maximum absolute atomic E-state index is 13.2. The number of carbonyl (C=O) groups is 2. The third-order valence-electron chi connectivity index (χ3n) is 5.24. The molecule has 2 rings (SSSR count). The molecular formula is C24H32N2O4. The fourth-order valence-electron chi connectivity index (χ4n) is 3.20. The van der Waals surface area contributed by atoms with Crippen molar-refractivity contribution in [1.29, 1.82) is 0 Å². The molecule has 162 valence electrons. The summed E-state index contributed by atoms with van der Waals surface area (Å²) in [4.78, 5) is 27.5.